The molecule has 0 bridgehead atoms. The fraction of sp³-hybridized carbons (Fsp3) is 0.571. The van der Waals surface area contributed by atoms with Crippen LogP contribution in [0, 0.1) is 5.41 Å². The van der Waals surface area contributed by atoms with Crippen molar-refractivity contribution in [3.05, 3.63) is 11.1 Å². The van der Waals surface area contributed by atoms with Crippen LogP contribution in [0.5, 0.6) is 0 Å². The van der Waals surface area contributed by atoms with E-state index in [0.29, 0.717) is 5.71 Å². The third kappa shape index (κ3) is 0.900. The first kappa shape index (κ1) is 6.49. The molecule has 0 amide bonds. The van der Waals surface area contributed by atoms with E-state index < -0.39 is 0 Å². The average molecular weight is 124 g/mol. The first-order valence-electron chi connectivity index (χ1n) is 3.13. The van der Waals surface area contributed by atoms with Crippen LogP contribution in [0.15, 0.2) is 11.1 Å². The van der Waals surface area contributed by atoms with Gasteiger partial charge in [0.2, 0.25) is 0 Å². The summed E-state index contributed by atoms with van der Waals surface area (Å²) >= 11 is 0. The smallest absolute Gasteiger partial charge is 0.0513 e. The maximum absolute atomic E-state index is 7.41. The lowest BCUT2D eigenvalue weighted by Crippen LogP contribution is -2.25. The standard InChI is InChI=1S/C7H12N2/c1-4-3-6(8)7(9)5(4)2/h6,9H,3,8H2,1-2H3. The van der Waals surface area contributed by atoms with Crippen molar-refractivity contribution in [2.45, 2.75) is 26.3 Å². The van der Waals surface area contributed by atoms with Crippen molar-refractivity contribution < 1.29 is 0 Å². The van der Waals surface area contributed by atoms with Gasteiger partial charge in [0.25, 0.3) is 0 Å². The molecule has 0 fully saturated rings. The van der Waals surface area contributed by atoms with Gasteiger partial charge >= 0.3 is 0 Å². The average Bonchev–Trinajstić information content (AvgIpc) is 1.98. The van der Waals surface area contributed by atoms with E-state index in [1.54, 1.807) is 0 Å². The molecule has 0 saturated heterocycles. The molecule has 0 aromatic carbocycles. The normalized spacial score (nSPS) is 27.9. The Morgan fingerprint density at radius 1 is 1.56 bits per heavy atom. The third-order valence-corrected chi connectivity index (χ3v) is 1.94. The molecular weight excluding hydrogens is 112 g/mol. The minimum Gasteiger partial charge on any atom is -0.322 e. The van der Waals surface area contributed by atoms with Crippen LogP contribution in [0.3, 0.4) is 0 Å². The largest absolute Gasteiger partial charge is 0.322 e. The minimum absolute atomic E-state index is 0.0231. The Kier molecular flexibility index (Phi) is 1.41. The first-order valence-corrected chi connectivity index (χ1v) is 3.13. The lowest BCUT2D eigenvalue weighted by Gasteiger charge is -2.00. The molecule has 1 aliphatic rings. The number of nitrogens with two attached hydrogens (primary N) is 1. The molecule has 1 aliphatic carbocycles. The van der Waals surface area contributed by atoms with Crippen LogP contribution < -0.4 is 5.73 Å². The van der Waals surface area contributed by atoms with Gasteiger partial charge in [-0.25, -0.2) is 0 Å². The van der Waals surface area contributed by atoms with Crippen LogP contribution in [-0.4, -0.2) is 11.8 Å². The lowest BCUT2D eigenvalue weighted by atomic mass is 10.2. The number of hydrogen-bond acceptors (Lipinski definition) is 2. The van der Waals surface area contributed by atoms with Crippen molar-refractivity contribution in [3.8, 4) is 0 Å². The molecule has 2 nitrogen and oxygen atoms in total. The summed E-state index contributed by atoms with van der Waals surface area (Å²) in [7, 11) is 0. The van der Waals surface area contributed by atoms with E-state index in [1.165, 1.54) is 5.57 Å². The highest BCUT2D eigenvalue weighted by molar-refractivity contribution is 6.04. The van der Waals surface area contributed by atoms with Gasteiger partial charge in [-0.2, -0.15) is 0 Å². The molecule has 0 radical (unpaired) electrons. The quantitative estimate of drug-likeness (QED) is 0.498. The van der Waals surface area contributed by atoms with Crippen LogP contribution in [0.2, 0.25) is 0 Å². The molecule has 0 heterocycles. The molecule has 0 spiro atoms. The Morgan fingerprint density at radius 3 is 2.22 bits per heavy atom. The first-order chi connectivity index (χ1) is 4.13. The van der Waals surface area contributed by atoms with Gasteiger partial charge in [0.1, 0.15) is 0 Å². The molecule has 0 aromatic heterocycles. The third-order valence-electron chi connectivity index (χ3n) is 1.94. The highest BCUT2D eigenvalue weighted by Gasteiger charge is 2.20. The second-order valence-electron chi connectivity index (χ2n) is 2.63. The summed E-state index contributed by atoms with van der Waals surface area (Å²) < 4.78 is 0. The van der Waals surface area contributed by atoms with Crippen LogP contribution in [0.4, 0.5) is 0 Å². The predicted molar refractivity (Wildman–Crippen MR) is 38.7 cm³/mol. The molecule has 1 unspecified atom stereocenters. The van der Waals surface area contributed by atoms with Crippen LogP contribution in [-0.2, 0) is 0 Å². The number of rotatable bonds is 0. The Bertz CT molecular complexity index is 179. The van der Waals surface area contributed by atoms with E-state index in [1.807, 2.05) is 13.8 Å². The van der Waals surface area contributed by atoms with Crippen molar-refractivity contribution in [2.75, 3.05) is 0 Å². The van der Waals surface area contributed by atoms with Gasteiger partial charge in [-0.05, 0) is 25.8 Å². The second kappa shape index (κ2) is 1.95. The topological polar surface area (TPSA) is 49.9 Å². The summed E-state index contributed by atoms with van der Waals surface area (Å²) in [5.74, 6) is 0. The predicted octanol–water partition coefficient (Wildman–Crippen LogP) is 1.07. The molecule has 0 aliphatic heterocycles. The van der Waals surface area contributed by atoms with E-state index in [0.717, 1.165) is 12.0 Å². The molecule has 9 heavy (non-hydrogen) atoms. The number of hydrogen-bond donors (Lipinski definition) is 2. The summed E-state index contributed by atoms with van der Waals surface area (Å²) in [5, 5.41) is 7.41. The molecule has 2 heteroatoms. The molecule has 0 aromatic rings. The van der Waals surface area contributed by atoms with Gasteiger partial charge < -0.3 is 11.1 Å². The maximum Gasteiger partial charge on any atom is 0.0513 e. The Balaban J connectivity index is 2.87. The highest BCUT2D eigenvalue weighted by Crippen LogP contribution is 2.20. The lowest BCUT2D eigenvalue weighted by molar-refractivity contribution is 0.865. The van der Waals surface area contributed by atoms with Crippen molar-refractivity contribution in [2.24, 2.45) is 5.73 Å². The fourth-order valence-electron chi connectivity index (χ4n) is 1.09. The molecule has 3 N–H and O–H groups in total. The van der Waals surface area contributed by atoms with Gasteiger partial charge in [0, 0.05) is 0 Å². The molecule has 1 rings (SSSR count). The van der Waals surface area contributed by atoms with Crippen molar-refractivity contribution in [3.63, 3.8) is 0 Å². The zero-order valence-electron chi connectivity index (χ0n) is 5.86. The van der Waals surface area contributed by atoms with Crippen LogP contribution >= 0.6 is 0 Å². The molecule has 1 atom stereocenters. The van der Waals surface area contributed by atoms with Gasteiger partial charge in [-0.3, -0.25) is 0 Å². The Hall–Kier alpha value is -0.630. The summed E-state index contributed by atoms with van der Waals surface area (Å²) in [4.78, 5) is 0. The van der Waals surface area contributed by atoms with E-state index in [9.17, 15) is 0 Å². The van der Waals surface area contributed by atoms with Crippen molar-refractivity contribution in [1.29, 1.82) is 5.41 Å². The second-order valence-corrected chi connectivity index (χ2v) is 2.63. The van der Waals surface area contributed by atoms with E-state index in [-0.39, 0.29) is 6.04 Å². The Labute approximate surface area is 55.3 Å². The van der Waals surface area contributed by atoms with E-state index in [4.69, 9.17) is 11.1 Å². The SMILES string of the molecule is CC1=C(C)C(=N)C(N)C1. The van der Waals surface area contributed by atoms with E-state index >= 15 is 0 Å². The van der Waals surface area contributed by atoms with Gasteiger partial charge in [0.05, 0.1) is 11.8 Å². The monoisotopic (exact) mass is 124 g/mol. The molecule has 0 saturated carbocycles. The summed E-state index contributed by atoms with van der Waals surface area (Å²) in [6.45, 7) is 4.00. The molecular formula is C7H12N2. The highest BCUT2D eigenvalue weighted by atomic mass is 14.7. The summed E-state index contributed by atoms with van der Waals surface area (Å²) in [6.07, 6.45) is 0.880. The number of nitrogens with one attached hydrogen (secondary N) is 1. The van der Waals surface area contributed by atoms with Gasteiger partial charge in [-0.1, -0.05) is 5.57 Å². The minimum atomic E-state index is -0.0231. The zero-order valence-corrected chi connectivity index (χ0v) is 5.86. The van der Waals surface area contributed by atoms with Crippen LogP contribution in [0.1, 0.15) is 20.3 Å². The Morgan fingerprint density at radius 2 is 2.11 bits per heavy atom. The molecule has 50 valence electrons. The maximum atomic E-state index is 7.41. The van der Waals surface area contributed by atoms with Crippen molar-refractivity contribution >= 4 is 5.71 Å². The van der Waals surface area contributed by atoms with Gasteiger partial charge in [-0.15, -0.1) is 0 Å². The van der Waals surface area contributed by atoms with Gasteiger partial charge in [0.15, 0.2) is 0 Å². The summed E-state index contributed by atoms with van der Waals surface area (Å²) in [6, 6.07) is -0.0231. The van der Waals surface area contributed by atoms with Crippen LogP contribution in [0.25, 0.3) is 0 Å². The summed E-state index contributed by atoms with van der Waals surface area (Å²) in [5.41, 5.74) is 8.57. The zero-order chi connectivity index (χ0) is 7.02. The fourth-order valence-corrected chi connectivity index (χ4v) is 1.09. The van der Waals surface area contributed by atoms with E-state index in [2.05, 4.69) is 0 Å². The van der Waals surface area contributed by atoms with Crippen molar-refractivity contribution in [1.82, 2.24) is 0 Å².